The minimum absolute atomic E-state index is 0.0490. The molecule has 0 unspecified atom stereocenters. The van der Waals surface area contributed by atoms with Crippen molar-refractivity contribution >= 4 is 17.7 Å². The number of nitrogens with one attached hydrogen (secondary N) is 1. The second-order valence-electron chi connectivity index (χ2n) is 5.73. The first-order chi connectivity index (χ1) is 11.6. The van der Waals surface area contributed by atoms with E-state index in [0.717, 1.165) is 0 Å². The number of anilines is 1. The molecule has 4 N–H and O–H groups in total. The molecule has 24 heavy (non-hydrogen) atoms. The van der Waals surface area contributed by atoms with Gasteiger partial charge in [-0.3, -0.25) is 5.32 Å². The standard InChI is InChI=1S/C16H20N2O6/c1-2-21-15(19)9-4-3-5-10(6-9)18-16(20)24-12-8-23-13-11(17)7-22-14(12)13/h3-6,11-14H,2,7-8,17H2,1H3,(H,18,20)/p+1/t11-,12+,13+,14+/m0/s1. The molecule has 2 heterocycles. The summed E-state index contributed by atoms with van der Waals surface area (Å²) < 4.78 is 21.5. The number of ether oxygens (including phenoxy) is 4. The molecular weight excluding hydrogens is 316 g/mol. The van der Waals surface area contributed by atoms with E-state index < -0.39 is 18.2 Å². The van der Waals surface area contributed by atoms with Gasteiger partial charge in [0.25, 0.3) is 0 Å². The average Bonchev–Trinajstić information content (AvgIpc) is 3.12. The highest BCUT2D eigenvalue weighted by molar-refractivity contribution is 5.92. The zero-order chi connectivity index (χ0) is 17.1. The largest absolute Gasteiger partial charge is 0.462 e. The fourth-order valence-corrected chi connectivity index (χ4v) is 2.87. The quantitative estimate of drug-likeness (QED) is 0.759. The fourth-order valence-electron chi connectivity index (χ4n) is 2.87. The maximum Gasteiger partial charge on any atom is 0.412 e. The van der Waals surface area contributed by atoms with Gasteiger partial charge in [-0.1, -0.05) is 6.07 Å². The van der Waals surface area contributed by atoms with Crippen molar-refractivity contribution in [2.75, 3.05) is 25.1 Å². The molecule has 3 rings (SSSR count). The van der Waals surface area contributed by atoms with Gasteiger partial charge in [-0.15, -0.1) is 0 Å². The lowest BCUT2D eigenvalue weighted by molar-refractivity contribution is -0.430. The van der Waals surface area contributed by atoms with E-state index >= 15 is 0 Å². The number of esters is 1. The number of hydrogen-bond donors (Lipinski definition) is 2. The highest BCUT2D eigenvalue weighted by Gasteiger charge is 2.50. The summed E-state index contributed by atoms with van der Waals surface area (Å²) in [6, 6.07) is 6.52. The van der Waals surface area contributed by atoms with Crippen LogP contribution in [0, 0.1) is 0 Å². The van der Waals surface area contributed by atoms with Gasteiger partial charge in [0, 0.05) is 5.69 Å². The van der Waals surface area contributed by atoms with Crippen molar-refractivity contribution in [3.8, 4) is 0 Å². The van der Waals surface area contributed by atoms with Crippen molar-refractivity contribution in [3.63, 3.8) is 0 Å². The number of amides is 1. The van der Waals surface area contributed by atoms with Crippen LogP contribution in [0.3, 0.4) is 0 Å². The zero-order valence-electron chi connectivity index (χ0n) is 13.4. The Hall–Kier alpha value is -2.16. The van der Waals surface area contributed by atoms with Crippen molar-refractivity contribution in [2.45, 2.75) is 31.3 Å². The Morgan fingerprint density at radius 2 is 2.08 bits per heavy atom. The summed E-state index contributed by atoms with van der Waals surface area (Å²) >= 11 is 0. The number of benzene rings is 1. The van der Waals surface area contributed by atoms with E-state index in [1.165, 1.54) is 6.07 Å². The minimum Gasteiger partial charge on any atom is -0.462 e. The van der Waals surface area contributed by atoms with Gasteiger partial charge in [0.2, 0.25) is 0 Å². The third-order valence-electron chi connectivity index (χ3n) is 3.99. The molecule has 2 fully saturated rings. The van der Waals surface area contributed by atoms with Gasteiger partial charge in [0.1, 0.15) is 24.9 Å². The molecule has 8 nitrogen and oxygen atoms in total. The maximum absolute atomic E-state index is 12.1. The maximum atomic E-state index is 12.1. The van der Waals surface area contributed by atoms with Gasteiger partial charge in [-0.05, 0) is 25.1 Å². The molecule has 2 aliphatic heterocycles. The molecule has 0 aromatic heterocycles. The van der Waals surface area contributed by atoms with Crippen molar-refractivity contribution in [3.05, 3.63) is 29.8 Å². The summed E-state index contributed by atoms with van der Waals surface area (Å²) in [5.41, 5.74) is 4.76. The van der Waals surface area contributed by atoms with Crippen molar-refractivity contribution in [2.24, 2.45) is 0 Å². The van der Waals surface area contributed by atoms with E-state index in [2.05, 4.69) is 11.1 Å². The Kier molecular flexibility index (Phi) is 4.98. The molecule has 8 heteroatoms. The van der Waals surface area contributed by atoms with E-state index in [1.807, 2.05) is 0 Å². The van der Waals surface area contributed by atoms with E-state index in [1.54, 1.807) is 25.1 Å². The lowest BCUT2D eigenvalue weighted by Gasteiger charge is -2.16. The van der Waals surface area contributed by atoms with Gasteiger partial charge >= 0.3 is 12.1 Å². The topological polar surface area (TPSA) is 111 Å². The molecule has 2 saturated heterocycles. The number of carbonyl (C=O) groups is 2. The monoisotopic (exact) mass is 337 g/mol. The van der Waals surface area contributed by atoms with Crippen LogP contribution in [-0.2, 0) is 18.9 Å². The average molecular weight is 337 g/mol. The smallest absolute Gasteiger partial charge is 0.412 e. The summed E-state index contributed by atoms with van der Waals surface area (Å²) in [6.07, 6.45) is -1.49. The van der Waals surface area contributed by atoms with E-state index in [-0.39, 0.29) is 31.5 Å². The van der Waals surface area contributed by atoms with Gasteiger partial charge in [-0.25, -0.2) is 9.59 Å². The van der Waals surface area contributed by atoms with Crippen LogP contribution in [0.5, 0.6) is 0 Å². The predicted molar refractivity (Wildman–Crippen MR) is 82.4 cm³/mol. The fraction of sp³-hybridized carbons (Fsp3) is 0.500. The van der Waals surface area contributed by atoms with Crippen LogP contribution in [0.15, 0.2) is 24.3 Å². The zero-order valence-corrected chi connectivity index (χ0v) is 13.4. The van der Waals surface area contributed by atoms with Crippen molar-refractivity contribution < 1.29 is 34.3 Å². The SMILES string of the molecule is CCOC(=O)c1cccc(NC(=O)O[C@@H]2CO[C@H]3[C@@H]2OC[C@@H]3[NH3+])c1. The first-order valence-corrected chi connectivity index (χ1v) is 7.89. The number of quaternary nitrogens is 1. The molecule has 1 aromatic rings. The van der Waals surface area contributed by atoms with Crippen LogP contribution < -0.4 is 11.1 Å². The normalized spacial score (nSPS) is 28.2. The number of carbonyl (C=O) groups excluding carboxylic acids is 2. The molecule has 0 saturated carbocycles. The summed E-state index contributed by atoms with van der Waals surface area (Å²) in [5.74, 6) is -0.442. The molecule has 2 aliphatic rings. The van der Waals surface area contributed by atoms with Gasteiger partial charge in [0.05, 0.1) is 18.8 Å². The van der Waals surface area contributed by atoms with Crippen molar-refractivity contribution in [1.29, 1.82) is 0 Å². The molecule has 1 aromatic carbocycles. The summed E-state index contributed by atoms with van der Waals surface area (Å²) in [5, 5.41) is 2.60. The summed E-state index contributed by atoms with van der Waals surface area (Å²) in [7, 11) is 0. The summed E-state index contributed by atoms with van der Waals surface area (Å²) in [6.45, 7) is 2.81. The Morgan fingerprint density at radius 1 is 1.29 bits per heavy atom. The number of hydrogen-bond acceptors (Lipinski definition) is 6. The highest BCUT2D eigenvalue weighted by atomic mass is 16.6. The van der Waals surface area contributed by atoms with E-state index in [4.69, 9.17) is 18.9 Å². The third kappa shape index (κ3) is 3.50. The lowest BCUT2D eigenvalue weighted by atomic mass is 10.1. The van der Waals surface area contributed by atoms with Gasteiger partial charge < -0.3 is 24.7 Å². The predicted octanol–water partition coefficient (Wildman–Crippen LogP) is 0.189. The molecule has 0 aliphatic carbocycles. The number of rotatable bonds is 4. The number of fused-ring (bicyclic) bond motifs is 1. The Bertz CT molecular complexity index is 622. The lowest BCUT2D eigenvalue weighted by Crippen LogP contribution is -2.66. The molecule has 1 amide bonds. The molecule has 0 spiro atoms. The molecule has 130 valence electrons. The molecular formula is C16H21N2O6+. The van der Waals surface area contributed by atoms with Crippen LogP contribution >= 0.6 is 0 Å². The van der Waals surface area contributed by atoms with Gasteiger partial charge in [0.15, 0.2) is 6.10 Å². The first-order valence-electron chi connectivity index (χ1n) is 7.89. The molecule has 4 atom stereocenters. The van der Waals surface area contributed by atoms with E-state index in [0.29, 0.717) is 17.9 Å². The first kappa shape index (κ1) is 16.7. The van der Waals surface area contributed by atoms with Crippen LogP contribution in [0.4, 0.5) is 10.5 Å². The third-order valence-corrected chi connectivity index (χ3v) is 3.99. The molecule has 0 radical (unpaired) electrons. The van der Waals surface area contributed by atoms with E-state index in [9.17, 15) is 9.59 Å². The van der Waals surface area contributed by atoms with Crippen LogP contribution in [0.1, 0.15) is 17.3 Å². The second-order valence-corrected chi connectivity index (χ2v) is 5.73. The van der Waals surface area contributed by atoms with Crippen LogP contribution in [0.2, 0.25) is 0 Å². The van der Waals surface area contributed by atoms with Crippen LogP contribution in [0.25, 0.3) is 0 Å². The molecule has 0 bridgehead atoms. The minimum atomic E-state index is -0.624. The summed E-state index contributed by atoms with van der Waals surface area (Å²) in [4.78, 5) is 23.8. The second kappa shape index (κ2) is 7.16. The Labute approximate surface area is 139 Å². The van der Waals surface area contributed by atoms with Crippen LogP contribution in [-0.4, -0.2) is 56.2 Å². The van der Waals surface area contributed by atoms with Crippen molar-refractivity contribution in [1.82, 2.24) is 0 Å². The Morgan fingerprint density at radius 3 is 2.88 bits per heavy atom. The van der Waals surface area contributed by atoms with Gasteiger partial charge in [-0.2, -0.15) is 0 Å². The Balaban J connectivity index is 1.57. The highest BCUT2D eigenvalue weighted by Crippen LogP contribution is 2.27.